The molecule has 0 aliphatic heterocycles. The van der Waals surface area contributed by atoms with Crippen LogP contribution in [0.15, 0.2) is 16.7 Å². The van der Waals surface area contributed by atoms with Crippen LogP contribution in [-0.2, 0) is 0 Å². The highest BCUT2D eigenvalue weighted by Gasteiger charge is 2.08. The number of alkyl halides is 1. The normalized spacial score (nSPS) is 12.5. The summed E-state index contributed by atoms with van der Waals surface area (Å²) < 4.78 is 5.06. The Kier molecular flexibility index (Phi) is 4.88. The number of nitrogens with one attached hydrogen (secondary N) is 1. The molecule has 1 aromatic heterocycles. The molecular weight excluding hydrogens is 258 g/mol. The maximum absolute atomic E-state index is 11.5. The van der Waals surface area contributed by atoms with Crippen LogP contribution in [0.5, 0.6) is 0 Å². The highest BCUT2D eigenvalue weighted by atomic mass is 79.9. The fourth-order valence-electron chi connectivity index (χ4n) is 1.21. The van der Waals surface area contributed by atoms with Crippen LogP contribution in [0.3, 0.4) is 0 Å². The van der Waals surface area contributed by atoms with E-state index in [0.717, 1.165) is 18.6 Å². The fourth-order valence-corrected chi connectivity index (χ4v) is 1.44. The van der Waals surface area contributed by atoms with Crippen LogP contribution < -0.4 is 5.32 Å². The summed E-state index contributed by atoms with van der Waals surface area (Å²) >= 11 is 3.52. The van der Waals surface area contributed by atoms with Crippen LogP contribution in [0.1, 0.15) is 35.9 Å². The van der Waals surface area contributed by atoms with Gasteiger partial charge >= 0.3 is 0 Å². The lowest BCUT2D eigenvalue weighted by Gasteiger charge is -2.06. The van der Waals surface area contributed by atoms with E-state index in [1.807, 2.05) is 6.92 Å². The van der Waals surface area contributed by atoms with Gasteiger partial charge in [-0.25, -0.2) is 0 Å². The Bertz CT molecular complexity index is 322. The first-order valence-electron chi connectivity index (χ1n) is 5.11. The molecule has 0 saturated carbocycles. The topological polar surface area (TPSA) is 42.2 Å². The molecule has 15 heavy (non-hydrogen) atoms. The van der Waals surface area contributed by atoms with E-state index < -0.39 is 0 Å². The molecule has 0 aliphatic rings. The van der Waals surface area contributed by atoms with E-state index in [0.29, 0.717) is 16.9 Å². The van der Waals surface area contributed by atoms with Crippen LogP contribution in [0.4, 0.5) is 0 Å². The second-order valence-corrected chi connectivity index (χ2v) is 4.79. The van der Waals surface area contributed by atoms with Gasteiger partial charge in [0.25, 0.3) is 5.91 Å². The van der Waals surface area contributed by atoms with Crippen molar-refractivity contribution in [1.82, 2.24) is 5.32 Å². The van der Waals surface area contributed by atoms with Crippen molar-refractivity contribution in [2.24, 2.45) is 0 Å². The van der Waals surface area contributed by atoms with Gasteiger partial charge in [0.15, 0.2) is 0 Å². The molecule has 0 fully saturated rings. The molecule has 1 N–H and O–H groups in total. The predicted molar refractivity (Wildman–Crippen MR) is 63.4 cm³/mol. The molecule has 3 nitrogen and oxygen atoms in total. The number of rotatable bonds is 5. The number of furan rings is 1. The van der Waals surface area contributed by atoms with E-state index in [1.165, 1.54) is 6.26 Å². The van der Waals surface area contributed by atoms with E-state index >= 15 is 0 Å². The first kappa shape index (κ1) is 12.3. The molecule has 4 heteroatoms. The van der Waals surface area contributed by atoms with Gasteiger partial charge in [-0.2, -0.15) is 0 Å². The molecule has 0 aromatic carbocycles. The third-order valence-corrected chi connectivity index (χ3v) is 3.28. The summed E-state index contributed by atoms with van der Waals surface area (Å²) in [5, 5.41) is 2.85. The van der Waals surface area contributed by atoms with Crippen molar-refractivity contribution in [2.75, 3.05) is 6.54 Å². The second kappa shape index (κ2) is 5.95. The Morgan fingerprint density at radius 3 is 2.93 bits per heavy atom. The van der Waals surface area contributed by atoms with Crippen LogP contribution in [0.2, 0.25) is 0 Å². The average molecular weight is 274 g/mol. The zero-order chi connectivity index (χ0) is 11.3. The highest BCUT2D eigenvalue weighted by molar-refractivity contribution is 9.09. The van der Waals surface area contributed by atoms with Gasteiger partial charge in [-0.1, -0.05) is 22.9 Å². The van der Waals surface area contributed by atoms with Gasteiger partial charge in [-0.05, 0) is 25.8 Å². The third kappa shape index (κ3) is 4.08. The smallest absolute Gasteiger partial charge is 0.254 e. The SMILES string of the molecule is CCC(Br)CCNC(=O)c1coc(C)c1. The van der Waals surface area contributed by atoms with Crippen molar-refractivity contribution in [1.29, 1.82) is 0 Å². The minimum atomic E-state index is -0.0670. The Labute approximate surface area is 98.4 Å². The second-order valence-electron chi connectivity index (χ2n) is 3.50. The van der Waals surface area contributed by atoms with E-state index in [9.17, 15) is 4.79 Å². The number of aryl methyl sites for hydroxylation is 1. The zero-order valence-corrected chi connectivity index (χ0v) is 10.6. The molecule has 1 heterocycles. The summed E-state index contributed by atoms with van der Waals surface area (Å²) in [6.45, 7) is 4.62. The summed E-state index contributed by atoms with van der Waals surface area (Å²) in [5.41, 5.74) is 0.593. The van der Waals surface area contributed by atoms with Gasteiger partial charge < -0.3 is 9.73 Å². The molecule has 1 unspecified atom stereocenters. The Morgan fingerprint density at radius 1 is 1.67 bits per heavy atom. The number of amides is 1. The lowest BCUT2D eigenvalue weighted by Crippen LogP contribution is -2.25. The van der Waals surface area contributed by atoms with Gasteiger partial charge in [-0.3, -0.25) is 4.79 Å². The van der Waals surface area contributed by atoms with Gasteiger partial charge in [0.2, 0.25) is 0 Å². The van der Waals surface area contributed by atoms with Crippen molar-refractivity contribution >= 4 is 21.8 Å². The average Bonchev–Trinajstić information content (AvgIpc) is 2.64. The summed E-state index contributed by atoms with van der Waals surface area (Å²) in [5.74, 6) is 0.690. The first-order chi connectivity index (χ1) is 7.13. The van der Waals surface area contributed by atoms with Gasteiger partial charge in [0, 0.05) is 11.4 Å². The van der Waals surface area contributed by atoms with Crippen molar-refractivity contribution in [3.63, 3.8) is 0 Å². The molecule has 0 spiro atoms. The maximum Gasteiger partial charge on any atom is 0.254 e. The lowest BCUT2D eigenvalue weighted by atomic mass is 10.2. The molecule has 1 rings (SSSR count). The van der Waals surface area contributed by atoms with E-state index in [4.69, 9.17) is 4.42 Å². The number of hydrogen-bond donors (Lipinski definition) is 1. The predicted octanol–water partition coefficient (Wildman–Crippen LogP) is 2.88. The van der Waals surface area contributed by atoms with Gasteiger partial charge in [-0.15, -0.1) is 0 Å². The minimum Gasteiger partial charge on any atom is -0.469 e. The summed E-state index contributed by atoms with van der Waals surface area (Å²) in [4.78, 5) is 12.0. The van der Waals surface area contributed by atoms with Gasteiger partial charge in [0.05, 0.1) is 5.56 Å². The first-order valence-corrected chi connectivity index (χ1v) is 6.02. The number of carbonyl (C=O) groups excluding carboxylic acids is 1. The number of hydrogen-bond acceptors (Lipinski definition) is 2. The highest BCUT2D eigenvalue weighted by Crippen LogP contribution is 2.09. The molecule has 84 valence electrons. The number of halogens is 1. The van der Waals surface area contributed by atoms with Crippen LogP contribution in [0, 0.1) is 6.92 Å². The summed E-state index contributed by atoms with van der Waals surface area (Å²) in [6.07, 6.45) is 3.50. The maximum atomic E-state index is 11.5. The Balaban J connectivity index is 2.31. The molecular formula is C11H16BrNO2. The molecule has 1 amide bonds. The summed E-state index contributed by atoms with van der Waals surface area (Å²) in [7, 11) is 0. The van der Waals surface area contributed by atoms with Crippen LogP contribution in [-0.4, -0.2) is 17.3 Å². The zero-order valence-electron chi connectivity index (χ0n) is 9.05. The number of carbonyl (C=O) groups is 1. The van der Waals surface area contributed by atoms with Crippen LogP contribution in [0.25, 0.3) is 0 Å². The third-order valence-electron chi connectivity index (χ3n) is 2.18. The largest absolute Gasteiger partial charge is 0.469 e. The summed E-state index contributed by atoms with van der Waals surface area (Å²) in [6, 6.07) is 1.74. The minimum absolute atomic E-state index is 0.0670. The van der Waals surface area contributed by atoms with Crippen LogP contribution >= 0.6 is 15.9 Å². The lowest BCUT2D eigenvalue weighted by molar-refractivity contribution is 0.0952. The van der Waals surface area contributed by atoms with Crippen molar-refractivity contribution in [3.05, 3.63) is 23.7 Å². The monoisotopic (exact) mass is 273 g/mol. The Morgan fingerprint density at radius 2 is 2.40 bits per heavy atom. The Hall–Kier alpha value is -0.770. The fraction of sp³-hybridized carbons (Fsp3) is 0.545. The van der Waals surface area contributed by atoms with Crippen molar-refractivity contribution in [3.8, 4) is 0 Å². The quantitative estimate of drug-likeness (QED) is 0.839. The molecule has 0 aliphatic carbocycles. The molecule has 1 atom stereocenters. The van der Waals surface area contributed by atoms with E-state index in [-0.39, 0.29) is 5.91 Å². The standard InChI is InChI=1S/C11H16BrNO2/c1-3-10(12)4-5-13-11(14)9-6-8(2)15-7-9/h6-7,10H,3-5H2,1-2H3,(H,13,14). The van der Waals surface area contributed by atoms with Crippen molar-refractivity contribution in [2.45, 2.75) is 31.5 Å². The molecule has 0 bridgehead atoms. The van der Waals surface area contributed by atoms with E-state index in [1.54, 1.807) is 6.07 Å². The van der Waals surface area contributed by atoms with Crippen molar-refractivity contribution < 1.29 is 9.21 Å². The molecule has 0 saturated heterocycles. The molecule has 0 radical (unpaired) electrons. The van der Waals surface area contributed by atoms with Gasteiger partial charge in [0.1, 0.15) is 12.0 Å². The molecule has 1 aromatic rings. The van der Waals surface area contributed by atoms with E-state index in [2.05, 4.69) is 28.2 Å².